The molecule has 0 spiro atoms. The number of rotatable bonds is 13. The van der Waals surface area contributed by atoms with Gasteiger partial charge in [0.05, 0.1) is 46.2 Å². The van der Waals surface area contributed by atoms with Crippen LogP contribution in [-0.2, 0) is 12.0 Å². The first kappa shape index (κ1) is 37.5. The van der Waals surface area contributed by atoms with Crippen molar-refractivity contribution in [3.8, 4) is 33.9 Å². The number of pyridine rings is 4. The molecule has 4 heterocycles. The van der Waals surface area contributed by atoms with Gasteiger partial charge in [-0.05, 0) is 89.4 Å². The number of aliphatic imine (C=N–C) groups is 1. The minimum atomic E-state index is -0.362. The quantitative estimate of drug-likeness (QED) is 0.0876. The van der Waals surface area contributed by atoms with E-state index in [-0.39, 0.29) is 5.41 Å². The Hall–Kier alpha value is -6.85. The second kappa shape index (κ2) is 16.7. The third kappa shape index (κ3) is 7.98. The molecule has 0 amide bonds. The Morgan fingerprint density at radius 1 is 0.732 bits per heavy atom. The van der Waals surface area contributed by atoms with E-state index in [0.29, 0.717) is 12.3 Å². The lowest BCUT2D eigenvalue weighted by molar-refractivity contribution is 0.572. The number of allylic oxidation sites excluding steroid dienone is 6. The molecule has 3 aromatic carbocycles. The maximum Gasteiger partial charge on any atom is 0.0897 e. The Balaban J connectivity index is 1.27. The summed E-state index contributed by atoms with van der Waals surface area (Å²) in [6.07, 6.45) is 14.6. The van der Waals surface area contributed by atoms with Crippen LogP contribution in [0.2, 0.25) is 0 Å². The molecule has 5 nitrogen and oxygen atoms in total. The molecule has 56 heavy (non-hydrogen) atoms. The van der Waals surface area contributed by atoms with Crippen LogP contribution in [0.5, 0.6) is 0 Å². The lowest BCUT2D eigenvalue weighted by atomic mass is 9.78. The molecular formula is C51H45N5. The molecule has 0 radical (unpaired) electrons. The average Bonchev–Trinajstić information content (AvgIpc) is 3.25. The van der Waals surface area contributed by atoms with Crippen LogP contribution in [0.1, 0.15) is 44.0 Å². The van der Waals surface area contributed by atoms with Gasteiger partial charge < -0.3 is 0 Å². The first-order chi connectivity index (χ1) is 27.3. The van der Waals surface area contributed by atoms with E-state index in [0.717, 1.165) is 79.2 Å². The molecule has 0 fully saturated rings. The van der Waals surface area contributed by atoms with Gasteiger partial charge in [0.1, 0.15) is 0 Å². The van der Waals surface area contributed by atoms with E-state index >= 15 is 0 Å². The summed E-state index contributed by atoms with van der Waals surface area (Å²) in [5.41, 5.74) is 11.4. The standard InChI is InChI=1S/C51H45N5/c1-7-43(36(5)28-29-51(6,8-2)38-32-47(45-24-13-15-30-52-45)56-48(33-38)46-25-14-16-31-53-46)54-34-49-42(27-26-35(3)4)50(41-21-11-12-23-44(41)55-49)40-22-17-19-37-18-9-10-20-39(37)40/h7,9-33H,1,3,5,8,34H2,2,4,6H3/b27-26-,29-28-,54-43+. The van der Waals surface area contributed by atoms with Gasteiger partial charge in [0.15, 0.2) is 0 Å². The van der Waals surface area contributed by atoms with Gasteiger partial charge in [0.2, 0.25) is 0 Å². The van der Waals surface area contributed by atoms with Gasteiger partial charge in [-0.25, -0.2) is 4.98 Å². The van der Waals surface area contributed by atoms with Crippen molar-refractivity contribution in [2.75, 3.05) is 0 Å². The molecule has 0 N–H and O–H groups in total. The number of aromatic nitrogens is 4. The summed E-state index contributed by atoms with van der Waals surface area (Å²) >= 11 is 0. The Bertz CT molecular complexity index is 2610. The van der Waals surface area contributed by atoms with Gasteiger partial charge in [-0.1, -0.05) is 136 Å². The number of hydrogen-bond donors (Lipinski definition) is 0. The highest BCUT2D eigenvalue weighted by atomic mass is 14.8. The SMILES string of the molecule is C=C/C(=N\Cc1nc2ccccc2c(-c2cccc3ccccc23)c1/C=C\C(=C)C)C(=C)/C=C\C(C)(CC)c1cc(-c2ccccn2)nc(-c2ccccn2)c1. The predicted octanol–water partition coefficient (Wildman–Crippen LogP) is 12.8. The van der Waals surface area contributed by atoms with Crippen molar-refractivity contribution >= 4 is 33.5 Å². The van der Waals surface area contributed by atoms with Crippen LogP contribution in [0.15, 0.2) is 188 Å². The van der Waals surface area contributed by atoms with Gasteiger partial charge in [-0.15, -0.1) is 0 Å². The highest BCUT2D eigenvalue weighted by Gasteiger charge is 2.24. The van der Waals surface area contributed by atoms with E-state index in [4.69, 9.17) is 15.0 Å². The molecule has 0 saturated heterocycles. The summed E-state index contributed by atoms with van der Waals surface area (Å²) in [7, 11) is 0. The van der Waals surface area contributed by atoms with Crippen LogP contribution in [0, 0.1) is 0 Å². The minimum absolute atomic E-state index is 0.336. The molecule has 7 rings (SSSR count). The first-order valence-corrected chi connectivity index (χ1v) is 18.9. The van der Waals surface area contributed by atoms with Crippen LogP contribution in [0.4, 0.5) is 0 Å². The second-order valence-corrected chi connectivity index (χ2v) is 14.2. The lowest BCUT2D eigenvalue weighted by Gasteiger charge is -2.26. The molecule has 0 aliphatic carbocycles. The van der Waals surface area contributed by atoms with E-state index in [1.165, 1.54) is 10.8 Å². The first-order valence-electron chi connectivity index (χ1n) is 18.9. The molecule has 5 heteroatoms. The summed E-state index contributed by atoms with van der Waals surface area (Å²) in [5.74, 6) is 0. The summed E-state index contributed by atoms with van der Waals surface area (Å²) < 4.78 is 0. The third-order valence-electron chi connectivity index (χ3n) is 10.3. The fourth-order valence-corrected chi connectivity index (χ4v) is 6.93. The van der Waals surface area contributed by atoms with Crippen molar-refractivity contribution in [3.63, 3.8) is 0 Å². The highest BCUT2D eigenvalue weighted by molar-refractivity contribution is 6.10. The third-order valence-corrected chi connectivity index (χ3v) is 10.3. The van der Waals surface area contributed by atoms with Crippen molar-refractivity contribution in [2.24, 2.45) is 4.99 Å². The van der Waals surface area contributed by atoms with Crippen LogP contribution < -0.4 is 0 Å². The van der Waals surface area contributed by atoms with Crippen molar-refractivity contribution in [1.29, 1.82) is 0 Å². The van der Waals surface area contributed by atoms with Crippen LogP contribution in [0.25, 0.3) is 61.7 Å². The maximum atomic E-state index is 5.20. The van der Waals surface area contributed by atoms with Gasteiger partial charge in [0.25, 0.3) is 0 Å². The summed E-state index contributed by atoms with van der Waals surface area (Å²) in [6.45, 7) is 19.5. The van der Waals surface area contributed by atoms with Gasteiger partial charge in [-0.2, -0.15) is 0 Å². The number of nitrogens with zero attached hydrogens (tertiary/aromatic N) is 5. The van der Waals surface area contributed by atoms with Crippen LogP contribution in [0.3, 0.4) is 0 Å². The average molecular weight is 728 g/mol. The molecular weight excluding hydrogens is 683 g/mol. The molecule has 0 aliphatic heterocycles. The number of fused-ring (bicyclic) bond motifs is 2. The highest BCUT2D eigenvalue weighted by Crippen LogP contribution is 2.39. The molecule has 274 valence electrons. The van der Waals surface area contributed by atoms with Crippen LogP contribution >= 0.6 is 0 Å². The largest absolute Gasteiger partial charge is 0.278 e. The Morgan fingerprint density at radius 2 is 1.38 bits per heavy atom. The summed E-state index contributed by atoms with van der Waals surface area (Å²) in [5, 5.41) is 3.45. The molecule has 1 unspecified atom stereocenters. The van der Waals surface area contributed by atoms with Gasteiger partial charge in [0, 0.05) is 34.3 Å². The zero-order chi connectivity index (χ0) is 39.1. The van der Waals surface area contributed by atoms with Crippen LogP contribution in [-0.4, -0.2) is 25.6 Å². The molecule has 0 aliphatic rings. The number of benzene rings is 3. The normalized spacial score (nSPS) is 13.0. The minimum Gasteiger partial charge on any atom is -0.278 e. The Kier molecular flexibility index (Phi) is 11.1. The van der Waals surface area contributed by atoms with Crippen molar-refractivity contribution in [3.05, 3.63) is 200 Å². The fraction of sp³-hybridized carbons (Fsp3) is 0.118. The number of para-hydroxylation sites is 1. The molecule has 4 aromatic heterocycles. The van der Waals surface area contributed by atoms with E-state index in [9.17, 15) is 0 Å². The summed E-state index contributed by atoms with van der Waals surface area (Å²) in [4.78, 5) is 24.5. The topological polar surface area (TPSA) is 63.9 Å². The molecule has 1 atom stereocenters. The van der Waals surface area contributed by atoms with E-state index in [2.05, 4.69) is 135 Å². The zero-order valence-corrected chi connectivity index (χ0v) is 32.3. The van der Waals surface area contributed by atoms with E-state index in [1.54, 1.807) is 18.5 Å². The Labute approximate surface area is 330 Å². The molecule has 7 aromatic rings. The number of hydrogen-bond acceptors (Lipinski definition) is 5. The van der Waals surface area contributed by atoms with E-state index in [1.807, 2.05) is 55.5 Å². The van der Waals surface area contributed by atoms with E-state index < -0.39 is 0 Å². The van der Waals surface area contributed by atoms with Crippen molar-refractivity contribution < 1.29 is 0 Å². The smallest absolute Gasteiger partial charge is 0.0897 e. The molecule has 0 saturated carbocycles. The lowest BCUT2D eigenvalue weighted by Crippen LogP contribution is -2.18. The van der Waals surface area contributed by atoms with Crippen molar-refractivity contribution in [1.82, 2.24) is 19.9 Å². The molecule has 0 bridgehead atoms. The predicted molar refractivity (Wildman–Crippen MR) is 236 cm³/mol. The monoisotopic (exact) mass is 727 g/mol. The van der Waals surface area contributed by atoms with Gasteiger partial charge >= 0.3 is 0 Å². The second-order valence-electron chi connectivity index (χ2n) is 14.2. The fourth-order valence-electron chi connectivity index (χ4n) is 6.93. The Morgan fingerprint density at radius 3 is 2.02 bits per heavy atom. The van der Waals surface area contributed by atoms with Gasteiger partial charge in [-0.3, -0.25) is 19.9 Å². The maximum absolute atomic E-state index is 5.20. The summed E-state index contributed by atoms with van der Waals surface area (Å²) in [6, 6.07) is 39.3. The zero-order valence-electron chi connectivity index (χ0n) is 32.3. The van der Waals surface area contributed by atoms with Crippen molar-refractivity contribution in [2.45, 2.75) is 39.2 Å².